The minimum Gasteiger partial charge on any atom is -0.324 e. The van der Waals surface area contributed by atoms with Gasteiger partial charge >= 0.3 is 43.6 Å². The first-order chi connectivity index (χ1) is 21.5. The van der Waals surface area contributed by atoms with E-state index in [-0.39, 0.29) is 0 Å². The minimum atomic E-state index is -2.22. The second kappa shape index (κ2) is 11.2. The molecule has 2 aliphatic rings. The Balaban J connectivity index is 0.000000684. The van der Waals surface area contributed by atoms with Crippen molar-refractivity contribution in [2.45, 2.75) is 0 Å². The standard InChI is InChI=1S/C32H18N8.3ClH.In/c1-2-10-18-17(9-1)25-33-26(18)38-28-21-13-5-6-14-22(21)30(35-28)40-32-24-16-8-7-15-23(24)31(36-32)39-29-20-12-4-3-11-19(20)27(34-29)37-25;;;;/h1-16H,(H2,33,34,35,36,37,38,39,40);3*1H;/q;;;;+3/p-3. The molecule has 3 aromatic heterocycles. The number of benzene rings is 4. The summed E-state index contributed by atoms with van der Waals surface area (Å²) in [5.74, 6) is 2.39. The van der Waals surface area contributed by atoms with Crippen LogP contribution in [0.15, 0.2) is 97.1 Å². The molecule has 8 nitrogen and oxygen atoms in total. The van der Waals surface area contributed by atoms with Crippen LogP contribution in [0.3, 0.4) is 0 Å². The second-order valence-electron chi connectivity index (χ2n) is 10.0. The molecule has 0 saturated carbocycles. The summed E-state index contributed by atoms with van der Waals surface area (Å²) in [6, 6.07) is 32.2. The molecule has 0 aliphatic carbocycles. The van der Waals surface area contributed by atoms with Crippen molar-refractivity contribution in [3.63, 3.8) is 0 Å². The van der Waals surface area contributed by atoms with Gasteiger partial charge in [-0.2, -0.15) is 0 Å². The van der Waals surface area contributed by atoms with E-state index in [9.17, 15) is 0 Å². The molecule has 7 aromatic rings. The molecular formula is C32H18Cl3InN8. The Bertz CT molecular complexity index is 2100. The fraction of sp³-hybridized carbons (Fsp3) is 0. The van der Waals surface area contributed by atoms with Gasteiger partial charge in [0, 0.05) is 43.8 Å². The van der Waals surface area contributed by atoms with Crippen molar-refractivity contribution in [1.82, 2.24) is 39.9 Å². The Morgan fingerprint density at radius 1 is 0.364 bits per heavy atom. The summed E-state index contributed by atoms with van der Waals surface area (Å²) in [6.07, 6.45) is 0. The molecule has 0 amide bonds. The molecule has 0 radical (unpaired) electrons. The molecule has 0 atom stereocenters. The zero-order valence-electron chi connectivity index (χ0n) is 22.6. The van der Waals surface area contributed by atoms with E-state index in [1.54, 1.807) is 0 Å². The molecule has 2 N–H and O–H groups in total. The third-order valence-electron chi connectivity index (χ3n) is 7.46. The van der Waals surface area contributed by atoms with Crippen LogP contribution < -0.4 is 0 Å². The molecule has 2 aliphatic heterocycles. The van der Waals surface area contributed by atoms with Crippen LogP contribution in [-0.2, 0) is 0 Å². The van der Waals surface area contributed by atoms with Crippen molar-refractivity contribution in [3.05, 3.63) is 97.1 Å². The first-order valence-electron chi connectivity index (χ1n) is 13.6. The zero-order valence-corrected chi connectivity index (χ0v) is 28.2. The van der Waals surface area contributed by atoms with Crippen LogP contribution in [-0.4, -0.2) is 57.8 Å². The maximum Gasteiger partial charge on any atom is 0.164 e. The van der Waals surface area contributed by atoms with E-state index in [1.807, 2.05) is 97.1 Å². The van der Waals surface area contributed by atoms with Gasteiger partial charge in [-0.25, -0.2) is 29.9 Å². The number of hydrogen-bond donors (Lipinski definition) is 2. The fourth-order valence-corrected chi connectivity index (χ4v) is 5.59. The summed E-state index contributed by atoms with van der Waals surface area (Å²) in [7, 11) is 15.0. The molecule has 0 unspecified atom stereocenters. The largest absolute Gasteiger partial charge is 0.324 e. The zero-order chi connectivity index (χ0) is 29.8. The van der Waals surface area contributed by atoms with Gasteiger partial charge < -0.3 is 9.97 Å². The number of fused-ring (bicyclic) bond motifs is 20. The van der Waals surface area contributed by atoms with Crippen molar-refractivity contribution in [1.29, 1.82) is 0 Å². The number of halogens is 3. The first-order valence-corrected chi connectivity index (χ1v) is 26.2. The molecule has 0 saturated heterocycles. The Kier molecular flexibility index (Phi) is 6.98. The Hall–Kier alpha value is -4.02. The Morgan fingerprint density at radius 2 is 0.591 bits per heavy atom. The van der Waals surface area contributed by atoms with Gasteiger partial charge in [-0.15, -0.1) is 0 Å². The van der Waals surface area contributed by atoms with Gasteiger partial charge in [0.1, 0.15) is 22.6 Å². The van der Waals surface area contributed by atoms with Crippen LogP contribution in [0.5, 0.6) is 0 Å². The van der Waals surface area contributed by atoms with Crippen molar-refractivity contribution in [2.24, 2.45) is 0 Å². The summed E-state index contributed by atoms with van der Waals surface area (Å²) in [6.45, 7) is 0. The second-order valence-corrected chi connectivity index (χ2v) is 24.7. The van der Waals surface area contributed by atoms with Crippen molar-refractivity contribution in [3.8, 4) is 45.6 Å². The van der Waals surface area contributed by atoms with Gasteiger partial charge in [0.25, 0.3) is 0 Å². The molecule has 0 spiro atoms. The van der Waals surface area contributed by atoms with Crippen LogP contribution in [0.25, 0.3) is 89.7 Å². The number of aromatic nitrogens is 8. The molecule has 4 aromatic carbocycles. The summed E-state index contributed by atoms with van der Waals surface area (Å²) >= 11 is -2.22. The van der Waals surface area contributed by atoms with Gasteiger partial charge in [-0.1, -0.05) is 97.1 Å². The molecule has 44 heavy (non-hydrogen) atoms. The van der Waals surface area contributed by atoms with Crippen LogP contribution in [0.1, 0.15) is 0 Å². The topological polar surface area (TPSA) is 109 Å². The number of rotatable bonds is 0. The van der Waals surface area contributed by atoms with Gasteiger partial charge in [0.15, 0.2) is 23.3 Å². The van der Waals surface area contributed by atoms with Gasteiger partial charge in [0.2, 0.25) is 0 Å². The minimum absolute atomic E-state index is 0.597. The molecular weight excluding hydrogens is 718 g/mol. The van der Waals surface area contributed by atoms with E-state index in [4.69, 9.17) is 55.6 Å². The first kappa shape index (κ1) is 27.5. The van der Waals surface area contributed by atoms with Crippen molar-refractivity contribution >= 4 is 87.8 Å². The summed E-state index contributed by atoms with van der Waals surface area (Å²) < 4.78 is 0. The van der Waals surface area contributed by atoms with E-state index in [1.165, 1.54) is 0 Å². The van der Waals surface area contributed by atoms with E-state index in [0.717, 1.165) is 43.8 Å². The van der Waals surface area contributed by atoms with Crippen LogP contribution in [0.4, 0.5) is 0 Å². The third kappa shape index (κ3) is 4.80. The number of aromatic amines is 2. The summed E-state index contributed by atoms with van der Waals surface area (Å²) in [5, 5.41) is 3.82. The summed E-state index contributed by atoms with van der Waals surface area (Å²) in [4.78, 5) is 36.8. The Labute approximate surface area is 268 Å². The number of hydrogen-bond acceptors (Lipinski definition) is 6. The number of H-pyrrole nitrogens is 2. The third-order valence-corrected chi connectivity index (χ3v) is 7.46. The van der Waals surface area contributed by atoms with Crippen LogP contribution in [0, 0.1) is 0 Å². The fourth-order valence-electron chi connectivity index (χ4n) is 5.59. The van der Waals surface area contributed by atoms with E-state index >= 15 is 0 Å². The molecule has 8 bridgehead atoms. The van der Waals surface area contributed by atoms with E-state index in [2.05, 4.69) is 9.97 Å². The van der Waals surface area contributed by atoms with E-state index in [0.29, 0.717) is 45.9 Å². The smallest absolute Gasteiger partial charge is 0.164 e. The number of nitrogens with zero attached hydrogens (tertiary/aromatic N) is 6. The molecule has 12 heteroatoms. The van der Waals surface area contributed by atoms with Crippen LogP contribution >= 0.6 is 25.7 Å². The van der Waals surface area contributed by atoms with Gasteiger partial charge in [0.05, 0.1) is 0 Å². The molecule has 5 heterocycles. The van der Waals surface area contributed by atoms with Crippen LogP contribution in [0.2, 0.25) is 0 Å². The number of nitrogens with one attached hydrogen (secondary N) is 2. The predicted molar refractivity (Wildman–Crippen MR) is 179 cm³/mol. The summed E-state index contributed by atoms with van der Waals surface area (Å²) in [5.41, 5.74) is 6.45. The average molecular weight is 736 g/mol. The quantitative estimate of drug-likeness (QED) is 0.162. The predicted octanol–water partition coefficient (Wildman–Crippen LogP) is 8.56. The molecule has 9 rings (SSSR count). The monoisotopic (exact) mass is 734 g/mol. The van der Waals surface area contributed by atoms with Gasteiger partial charge in [-0.05, 0) is 0 Å². The maximum atomic E-state index is 5.02. The van der Waals surface area contributed by atoms with Crippen molar-refractivity contribution in [2.75, 3.05) is 0 Å². The van der Waals surface area contributed by atoms with Crippen molar-refractivity contribution < 1.29 is 0 Å². The average Bonchev–Trinajstić information content (AvgIpc) is 3.76. The SMILES string of the molecule is [Cl][In]([Cl])[Cl].c1ccc2c(c1)-c1nc-2nc2[nH]c(nc3nc(nc4[nH]c(n1)c1ccccc41)-c1ccccc1-3)c1ccccc21. The molecule has 0 fully saturated rings. The molecule has 210 valence electrons. The van der Waals surface area contributed by atoms with E-state index < -0.39 is 17.9 Å². The normalized spacial score (nSPS) is 11.5. The van der Waals surface area contributed by atoms with Gasteiger partial charge in [-0.3, -0.25) is 0 Å². The maximum absolute atomic E-state index is 5.02. The Morgan fingerprint density at radius 3 is 0.841 bits per heavy atom.